The van der Waals surface area contributed by atoms with E-state index in [4.69, 9.17) is 10.5 Å². The Labute approximate surface area is 127 Å². The first-order chi connectivity index (χ1) is 10.0. The molecule has 0 saturated heterocycles. The van der Waals surface area contributed by atoms with E-state index in [2.05, 4.69) is 5.32 Å². The highest BCUT2D eigenvalue weighted by atomic mass is 16.6. The number of rotatable bonds is 4. The zero-order valence-corrected chi connectivity index (χ0v) is 12.9. The van der Waals surface area contributed by atoms with E-state index >= 15 is 0 Å². The van der Waals surface area contributed by atoms with Crippen molar-refractivity contribution >= 4 is 23.3 Å². The molecular weight excluding hydrogens is 290 g/mol. The minimum absolute atomic E-state index is 0.0268. The summed E-state index contributed by atoms with van der Waals surface area (Å²) >= 11 is 0. The van der Waals surface area contributed by atoms with Crippen molar-refractivity contribution in [2.75, 3.05) is 5.73 Å². The van der Waals surface area contributed by atoms with Gasteiger partial charge in [0.2, 0.25) is 0 Å². The molecule has 1 rings (SSSR count). The number of nitro benzene ring substituents is 1. The topological polar surface area (TPSA) is 125 Å². The van der Waals surface area contributed by atoms with Gasteiger partial charge in [-0.25, -0.2) is 4.79 Å². The van der Waals surface area contributed by atoms with Gasteiger partial charge in [-0.15, -0.1) is 0 Å². The number of benzene rings is 1. The number of nitrogens with zero attached hydrogens (tertiary/aromatic N) is 1. The molecule has 1 atom stereocenters. The molecular formula is C14H19N3O5. The van der Waals surface area contributed by atoms with Crippen LogP contribution in [0.5, 0.6) is 0 Å². The lowest BCUT2D eigenvalue weighted by molar-refractivity contribution is -0.384. The van der Waals surface area contributed by atoms with Crippen LogP contribution in [0, 0.1) is 10.1 Å². The molecule has 0 spiro atoms. The number of nitrogens with two attached hydrogens (primary N) is 1. The molecule has 1 aromatic rings. The van der Waals surface area contributed by atoms with Gasteiger partial charge < -0.3 is 15.8 Å². The number of carbonyl (C=O) groups excluding carboxylic acids is 2. The lowest BCUT2D eigenvalue weighted by Gasteiger charge is -2.23. The van der Waals surface area contributed by atoms with Crippen LogP contribution < -0.4 is 11.1 Å². The Morgan fingerprint density at radius 2 is 1.95 bits per heavy atom. The molecule has 0 radical (unpaired) electrons. The lowest BCUT2D eigenvalue weighted by Crippen LogP contribution is -2.46. The molecule has 0 aliphatic carbocycles. The smallest absolute Gasteiger partial charge is 0.341 e. The van der Waals surface area contributed by atoms with E-state index in [1.165, 1.54) is 13.0 Å². The van der Waals surface area contributed by atoms with Gasteiger partial charge in [-0.05, 0) is 33.8 Å². The second-order valence-corrected chi connectivity index (χ2v) is 5.82. The van der Waals surface area contributed by atoms with Gasteiger partial charge in [0.1, 0.15) is 0 Å². The van der Waals surface area contributed by atoms with Crippen LogP contribution in [0.2, 0.25) is 0 Å². The number of hydrogen-bond donors (Lipinski definition) is 2. The summed E-state index contributed by atoms with van der Waals surface area (Å²) in [5.74, 6) is -1.26. The fourth-order valence-corrected chi connectivity index (χ4v) is 1.60. The van der Waals surface area contributed by atoms with Crippen molar-refractivity contribution in [3.63, 3.8) is 0 Å². The van der Waals surface area contributed by atoms with Gasteiger partial charge >= 0.3 is 5.97 Å². The van der Waals surface area contributed by atoms with Crippen LogP contribution in [-0.4, -0.2) is 28.4 Å². The number of esters is 1. The largest absolute Gasteiger partial charge is 0.449 e. The van der Waals surface area contributed by atoms with Crippen molar-refractivity contribution in [1.29, 1.82) is 0 Å². The van der Waals surface area contributed by atoms with Crippen molar-refractivity contribution < 1.29 is 19.2 Å². The minimum Gasteiger partial charge on any atom is -0.449 e. The lowest BCUT2D eigenvalue weighted by atomic mass is 10.1. The molecule has 3 N–H and O–H groups in total. The summed E-state index contributed by atoms with van der Waals surface area (Å²) in [4.78, 5) is 33.8. The monoisotopic (exact) mass is 309 g/mol. The summed E-state index contributed by atoms with van der Waals surface area (Å²) in [6.45, 7) is 6.83. The Bertz CT molecular complexity index is 607. The molecule has 0 aromatic heterocycles. The maximum Gasteiger partial charge on any atom is 0.341 e. The zero-order valence-electron chi connectivity index (χ0n) is 12.9. The summed E-state index contributed by atoms with van der Waals surface area (Å²) < 4.78 is 5.02. The number of nitrogen functional groups attached to an aromatic ring is 1. The average molecular weight is 309 g/mol. The van der Waals surface area contributed by atoms with Crippen molar-refractivity contribution in [1.82, 2.24) is 5.32 Å². The van der Waals surface area contributed by atoms with Crippen molar-refractivity contribution in [3.05, 3.63) is 33.9 Å². The fraction of sp³-hybridized carbons (Fsp3) is 0.429. The van der Waals surface area contributed by atoms with Crippen LogP contribution in [0.3, 0.4) is 0 Å². The van der Waals surface area contributed by atoms with Crippen LogP contribution in [0.25, 0.3) is 0 Å². The molecule has 120 valence electrons. The van der Waals surface area contributed by atoms with E-state index in [-0.39, 0.29) is 16.9 Å². The van der Waals surface area contributed by atoms with Gasteiger partial charge in [0, 0.05) is 17.7 Å². The Morgan fingerprint density at radius 3 is 2.41 bits per heavy atom. The van der Waals surface area contributed by atoms with E-state index in [9.17, 15) is 19.7 Å². The number of nitrogens with one attached hydrogen (secondary N) is 1. The quantitative estimate of drug-likeness (QED) is 0.377. The molecule has 0 heterocycles. The van der Waals surface area contributed by atoms with Crippen LogP contribution in [0.1, 0.15) is 38.1 Å². The van der Waals surface area contributed by atoms with E-state index < -0.39 is 28.4 Å². The van der Waals surface area contributed by atoms with Crippen LogP contribution >= 0.6 is 0 Å². The Balaban J connectivity index is 2.81. The predicted molar refractivity (Wildman–Crippen MR) is 80.3 cm³/mol. The number of amides is 1. The van der Waals surface area contributed by atoms with Crippen LogP contribution in [0.4, 0.5) is 11.4 Å². The standard InChI is InChI=1S/C14H19N3O5/c1-8(12(18)16-14(2,3)4)22-13(19)10-6-5-9(17(20)21)7-11(10)15/h5-8H,15H2,1-4H3,(H,16,18)/t8-/m1/s1. The third kappa shape index (κ3) is 4.72. The maximum atomic E-state index is 12.0. The normalized spacial score (nSPS) is 12.4. The van der Waals surface area contributed by atoms with Crippen LogP contribution in [-0.2, 0) is 9.53 Å². The number of hydrogen-bond acceptors (Lipinski definition) is 6. The van der Waals surface area contributed by atoms with Gasteiger partial charge in [0.25, 0.3) is 11.6 Å². The molecule has 1 amide bonds. The van der Waals surface area contributed by atoms with Gasteiger partial charge in [-0.2, -0.15) is 0 Å². The first-order valence-electron chi connectivity index (χ1n) is 6.58. The Hall–Kier alpha value is -2.64. The highest BCUT2D eigenvalue weighted by Crippen LogP contribution is 2.21. The minimum atomic E-state index is -1.01. The van der Waals surface area contributed by atoms with E-state index in [0.717, 1.165) is 12.1 Å². The molecule has 0 bridgehead atoms. The van der Waals surface area contributed by atoms with Crippen molar-refractivity contribution in [3.8, 4) is 0 Å². The molecule has 0 aliphatic rings. The second-order valence-electron chi connectivity index (χ2n) is 5.82. The molecule has 8 heteroatoms. The Morgan fingerprint density at radius 1 is 1.36 bits per heavy atom. The third-order valence-corrected chi connectivity index (χ3v) is 2.62. The van der Waals surface area contributed by atoms with Gasteiger partial charge in [0.05, 0.1) is 16.2 Å². The summed E-state index contributed by atoms with van der Waals surface area (Å²) in [5, 5.41) is 13.3. The predicted octanol–water partition coefficient (Wildman–Crippen LogP) is 1.64. The summed E-state index contributed by atoms with van der Waals surface area (Å²) in [6, 6.07) is 3.41. The first kappa shape index (κ1) is 17.4. The molecule has 0 saturated carbocycles. The highest BCUT2D eigenvalue weighted by Gasteiger charge is 2.24. The number of nitro groups is 1. The van der Waals surface area contributed by atoms with E-state index in [1.807, 2.05) is 0 Å². The summed E-state index contributed by atoms with van der Waals surface area (Å²) in [5.41, 5.74) is 4.82. The number of carbonyl (C=O) groups is 2. The first-order valence-corrected chi connectivity index (χ1v) is 6.58. The number of ether oxygens (including phenoxy) is 1. The van der Waals surface area contributed by atoms with Gasteiger partial charge in [-0.1, -0.05) is 0 Å². The van der Waals surface area contributed by atoms with E-state index in [1.54, 1.807) is 20.8 Å². The zero-order chi connectivity index (χ0) is 17.1. The number of anilines is 1. The molecule has 8 nitrogen and oxygen atoms in total. The molecule has 22 heavy (non-hydrogen) atoms. The molecule has 0 unspecified atom stereocenters. The van der Waals surface area contributed by atoms with Crippen molar-refractivity contribution in [2.24, 2.45) is 0 Å². The number of non-ortho nitro benzene ring substituents is 1. The highest BCUT2D eigenvalue weighted by molar-refractivity contribution is 5.97. The van der Waals surface area contributed by atoms with Crippen molar-refractivity contribution in [2.45, 2.75) is 39.3 Å². The summed E-state index contributed by atoms with van der Waals surface area (Å²) in [7, 11) is 0. The van der Waals surface area contributed by atoms with Crippen LogP contribution in [0.15, 0.2) is 18.2 Å². The molecule has 0 fully saturated rings. The summed E-state index contributed by atoms with van der Waals surface area (Å²) in [6.07, 6.45) is -1.01. The van der Waals surface area contributed by atoms with Gasteiger partial charge in [-0.3, -0.25) is 14.9 Å². The third-order valence-electron chi connectivity index (χ3n) is 2.62. The maximum absolute atomic E-state index is 12.0. The molecule has 1 aromatic carbocycles. The fourth-order valence-electron chi connectivity index (χ4n) is 1.60. The molecule has 0 aliphatic heterocycles. The Kier molecular flexibility index (Phi) is 5.08. The van der Waals surface area contributed by atoms with E-state index in [0.29, 0.717) is 0 Å². The SMILES string of the molecule is C[C@@H](OC(=O)c1ccc([N+](=O)[O-])cc1N)C(=O)NC(C)(C)C. The average Bonchev–Trinajstić information content (AvgIpc) is 2.35. The van der Waals surface area contributed by atoms with Gasteiger partial charge in [0.15, 0.2) is 6.10 Å². The second kappa shape index (κ2) is 6.42.